The summed E-state index contributed by atoms with van der Waals surface area (Å²) in [6.45, 7) is 24.4. The molecule has 0 aliphatic carbocycles. The van der Waals surface area contributed by atoms with Crippen molar-refractivity contribution in [2.45, 2.75) is 253 Å². The number of nitrogens with two attached hydrogens (primary N) is 4. The van der Waals surface area contributed by atoms with Gasteiger partial charge in [0.05, 0.1) is 76.2 Å². The minimum absolute atomic E-state index is 0.0427. The van der Waals surface area contributed by atoms with Crippen LogP contribution < -0.4 is 62.4 Å². The van der Waals surface area contributed by atoms with Gasteiger partial charge in [-0.1, -0.05) is 89.4 Å². The number of ether oxygens (including phenoxy) is 8. The zero-order valence-electron chi connectivity index (χ0n) is 82.3. The minimum atomic E-state index is -4.21. The fourth-order valence-corrected chi connectivity index (χ4v) is 23.7. The molecule has 16 N–H and O–H groups in total. The van der Waals surface area contributed by atoms with Gasteiger partial charge in [0, 0.05) is 0 Å². The van der Waals surface area contributed by atoms with Gasteiger partial charge in [0.2, 0.25) is 23.8 Å². The fourth-order valence-electron chi connectivity index (χ4n) is 15.4. The molecule has 0 amide bonds. The Morgan fingerprint density at radius 3 is 1.03 bits per heavy atom. The number of rotatable bonds is 35. The number of aliphatic hydroxyl groups excluding tert-OH is 3. The van der Waals surface area contributed by atoms with Gasteiger partial charge in [-0.3, -0.25) is 69.8 Å². The number of esters is 4. The second kappa shape index (κ2) is 47.6. The van der Waals surface area contributed by atoms with Crippen LogP contribution in [0.3, 0.4) is 0 Å². The van der Waals surface area contributed by atoms with Crippen LogP contribution in [-0.2, 0) is 98.0 Å². The molecule has 24 atom stereocenters. The van der Waals surface area contributed by atoms with E-state index in [1.165, 1.54) is 71.3 Å². The van der Waals surface area contributed by atoms with Crippen LogP contribution in [0.25, 0.3) is 44.7 Å². The van der Waals surface area contributed by atoms with Crippen molar-refractivity contribution in [2.75, 3.05) is 49.4 Å². The lowest BCUT2D eigenvalue weighted by molar-refractivity contribution is -0.150. The van der Waals surface area contributed by atoms with Crippen molar-refractivity contribution < 1.29 is 127 Å². The van der Waals surface area contributed by atoms with Crippen molar-refractivity contribution in [3.63, 3.8) is 0 Å². The van der Waals surface area contributed by atoms with Gasteiger partial charge >= 0.3 is 54.9 Å². The number of H-pyrrole nitrogens is 1. The molecule has 5 aliphatic heterocycles. The maximum atomic E-state index is 13.8. The first-order valence-electron chi connectivity index (χ1n) is 45.8. The molecule has 13 heterocycles. The highest BCUT2D eigenvalue weighted by atomic mass is 35.5. The first-order valence-corrected chi connectivity index (χ1v) is 54.6. The average molecular weight is 2300 g/mol. The Labute approximate surface area is 885 Å². The van der Waals surface area contributed by atoms with Crippen LogP contribution in [0.15, 0.2) is 121 Å². The van der Waals surface area contributed by atoms with Gasteiger partial charge in [-0.05, 0) is 147 Å². The van der Waals surface area contributed by atoms with E-state index in [0.29, 0.717) is 0 Å². The zero-order chi connectivity index (χ0) is 109. The van der Waals surface area contributed by atoms with E-state index in [-0.39, 0.29) is 132 Å². The van der Waals surface area contributed by atoms with Crippen LogP contribution in [0, 0.1) is 0 Å². The number of nitrogens with one attached hydrogen (secondary N) is 5. The van der Waals surface area contributed by atoms with Crippen LogP contribution >= 0.6 is 112 Å². The second-order valence-electron chi connectivity index (χ2n) is 36.2. The van der Waals surface area contributed by atoms with Crippen molar-refractivity contribution in [2.24, 2.45) is 0 Å². The van der Waals surface area contributed by atoms with Crippen LogP contribution in [0.1, 0.15) is 136 Å². The van der Waals surface area contributed by atoms with E-state index in [0.717, 1.165) is 0 Å². The fraction of sp³-hybridized carbons (Fsp3) is 0.512. The molecule has 11 aromatic rings. The maximum Gasteiger partial charge on any atom is 0.459 e. The average Bonchev–Trinajstić information content (AvgIpc) is 1.58. The van der Waals surface area contributed by atoms with Crippen LogP contribution in [0.2, 0.25) is 15.5 Å². The van der Waals surface area contributed by atoms with E-state index in [9.17, 15) is 57.6 Å². The lowest BCUT2D eigenvalue weighted by Crippen LogP contribution is -2.47. The molecule has 52 nitrogen and oxygen atoms in total. The molecule has 812 valence electrons. The minimum Gasteiger partial charge on any atom is -0.462 e. The predicted octanol–water partition coefficient (Wildman–Crippen LogP) is 11.4. The summed E-state index contributed by atoms with van der Waals surface area (Å²) in [6, 6.07) is 20.7. The Balaban J connectivity index is 0.000000166. The molecule has 0 radical (unpaired) electrons. The molecule has 0 spiro atoms. The second-order valence-corrected chi connectivity index (χ2v) is 47.3. The summed E-state index contributed by atoms with van der Waals surface area (Å²) >= 11 is 45.5. The lowest BCUT2D eigenvalue weighted by Gasteiger charge is -2.36. The van der Waals surface area contributed by atoms with Crippen LogP contribution in [0.5, 0.6) is 17.2 Å². The van der Waals surface area contributed by atoms with Gasteiger partial charge in [-0.15, -0.1) is 46.4 Å². The lowest BCUT2D eigenvalue weighted by atomic mass is 10.0. The number of nitrogen functional groups attached to an aromatic ring is 4. The number of fused-ring (bicyclic) bond motifs is 5. The molecule has 16 rings (SSSR count). The maximum absolute atomic E-state index is 13.8. The molecule has 5 saturated heterocycles. The zero-order valence-corrected chi connectivity index (χ0v) is 91.2. The smallest absolute Gasteiger partial charge is 0.459 e. The third-order valence-corrected chi connectivity index (χ3v) is 31.6. The van der Waals surface area contributed by atoms with Crippen molar-refractivity contribution in [3.05, 3.63) is 142 Å². The largest absolute Gasteiger partial charge is 0.462 e. The molecular weight excluding hydrogens is 2190 g/mol. The van der Waals surface area contributed by atoms with E-state index in [4.69, 9.17) is 178 Å². The summed E-state index contributed by atoms with van der Waals surface area (Å²) in [5.41, 5.74) is 24.2. The summed E-state index contributed by atoms with van der Waals surface area (Å²) in [5.74, 6) is -2.21. The number of para-hydroxylation sites is 3. The molecule has 149 heavy (non-hydrogen) atoms. The standard InChI is InChI=1S/3C23H29Cl2N6O7P.C17H24ClN6O7P/c3*1-12(2)36-20(33)13(3)30-39(34,38-14-8-6-5-7-9-14)35-10-15-17(32)23(4,25)21(37-15)31-11-27-16-18(24)28-22(26)29-19(16)31;1-7(2)29-14(26)8(3)23-32(27)28-5-9-11(31-32)17(4,18)15(30-9)24-6-20-10-12(24)21-16(19)22-13(10)25/h3*5-9,11-13,15,17,21,32H,10H2,1-4H3,(H,30,34)(H2,26,28,29);6-9,11,15H,5H2,1-4H3,(H,23,27)(H3,19,21,22,25)/t13-,15-,17-,21-,23-,39?;13-,15-,17-,21-,23-,39+;13-,15-,17-,21-,23-,39-;8-,9-,11-,15-,17-,32?/m1111/s1. The molecule has 5 fully saturated rings. The number of nitrogens with zero attached hydrogens (tertiary/aromatic N) is 15. The molecular formula is C86H111Cl7N24O28P4. The molecule has 0 bridgehead atoms. The Kier molecular flexibility index (Phi) is 37.2. The number of imidazole rings is 4. The summed E-state index contributed by atoms with van der Waals surface area (Å²) < 4.78 is 150. The third kappa shape index (κ3) is 27.4. The number of hydrogen-bond donors (Lipinski definition) is 12. The Morgan fingerprint density at radius 1 is 0.443 bits per heavy atom. The van der Waals surface area contributed by atoms with Gasteiger partial charge in [-0.2, -0.15) is 50.1 Å². The van der Waals surface area contributed by atoms with Gasteiger partial charge in [0.25, 0.3) is 5.56 Å². The highest BCUT2D eigenvalue weighted by molar-refractivity contribution is 7.53. The number of aliphatic hydroxyl groups is 3. The summed E-state index contributed by atoms with van der Waals surface area (Å²) in [5, 5.41) is 43.6. The number of hydrogen-bond acceptors (Lipinski definition) is 43. The SMILES string of the molecule is CC(C)OC(=O)[C@@H](C)NP(=O)(OC[C@H]1O[C@@H](n2cnc3c(Cl)nc(N)nc32)[C@](C)(Cl)[C@@H]1O)Oc1ccccc1.CC(C)OC(=O)[C@@H](C)NP1(=O)OC[C@H]2O[C@@H](n3cnc4c(=O)[nH]c(N)nc43)[C@](C)(Cl)[C@@H]2O1.CC(C)OC(=O)[C@@H](C)N[P@@](=O)(OC[C@H]1O[C@@H](n2cnc3c(Cl)nc(N)nc32)[C@](C)(Cl)[C@@H]1O)Oc1ccccc1.CC(C)OC(=O)[C@@H](C)N[P@](=O)(OC[C@H]1O[C@@H](n2cnc3c(Cl)nc(N)nc32)[C@](C)(Cl)[C@@H]1O)Oc1ccccc1. The highest BCUT2D eigenvalue weighted by Crippen LogP contribution is 2.59. The number of benzene rings is 3. The summed E-state index contributed by atoms with van der Waals surface area (Å²) in [4.78, 5) is 103. The van der Waals surface area contributed by atoms with Crippen molar-refractivity contribution in [1.29, 1.82) is 0 Å². The molecule has 3 aromatic carbocycles. The highest BCUT2D eigenvalue weighted by Gasteiger charge is 2.62. The first kappa shape index (κ1) is 117. The summed E-state index contributed by atoms with van der Waals surface area (Å²) in [6.07, 6.45) is -8.53. The Hall–Kier alpha value is -9.55. The molecule has 2 unspecified atom stereocenters. The van der Waals surface area contributed by atoms with E-state index in [1.807, 2.05) is 0 Å². The van der Waals surface area contributed by atoms with Crippen molar-refractivity contribution in [1.82, 2.24) is 98.4 Å². The number of carbonyl (C=O) groups is 4. The number of carbonyl (C=O) groups excluding carboxylic acids is 4. The quantitative estimate of drug-likeness (QED) is 0.00577. The van der Waals surface area contributed by atoms with Crippen molar-refractivity contribution >= 4 is 205 Å². The van der Waals surface area contributed by atoms with E-state index >= 15 is 0 Å². The molecule has 8 aromatic heterocycles. The molecule has 5 aliphatic rings. The van der Waals surface area contributed by atoms with Gasteiger partial charge in [0.15, 0.2) is 68.5 Å². The van der Waals surface area contributed by atoms with Gasteiger partial charge in [-0.25, -0.2) is 43.3 Å². The van der Waals surface area contributed by atoms with E-state index in [1.54, 1.807) is 174 Å². The third-order valence-electron chi connectivity index (χ3n) is 22.5. The number of aromatic nitrogens is 16. The van der Waals surface area contributed by atoms with Crippen LogP contribution in [-0.4, -0.2) is 261 Å². The topological polar surface area (TPSA) is 692 Å². The van der Waals surface area contributed by atoms with Gasteiger partial charge in [0.1, 0.15) is 126 Å². The first-order chi connectivity index (χ1) is 69.8. The Morgan fingerprint density at radius 2 is 0.725 bits per heavy atom. The number of aromatic amines is 1. The molecule has 63 heteroatoms. The Bertz CT molecular complexity index is 6380. The van der Waals surface area contributed by atoms with Crippen molar-refractivity contribution in [3.8, 4) is 17.2 Å². The number of anilines is 4. The van der Waals surface area contributed by atoms with Crippen LogP contribution in [0.4, 0.5) is 23.8 Å². The van der Waals surface area contributed by atoms with E-state index in [2.05, 4.69) is 80.2 Å². The monoisotopic (exact) mass is 2300 g/mol. The van der Waals surface area contributed by atoms with Gasteiger partial charge < -0.3 is 89.7 Å². The number of halogens is 7. The normalized spacial score (nSPS) is 27.2. The number of alkyl halides is 4. The predicted molar refractivity (Wildman–Crippen MR) is 543 cm³/mol. The summed E-state index contributed by atoms with van der Waals surface area (Å²) in [7, 11) is -16.5. The molecule has 0 saturated carbocycles. The van der Waals surface area contributed by atoms with E-state index < -0.39 is 198 Å².